The molecule has 0 saturated carbocycles. The number of nitrogens with zero attached hydrogens (tertiary/aromatic N) is 1. The van der Waals surface area contributed by atoms with Gasteiger partial charge in [0, 0.05) is 13.1 Å². The van der Waals surface area contributed by atoms with E-state index >= 15 is 0 Å². The highest BCUT2D eigenvalue weighted by atomic mass is 32.2. The van der Waals surface area contributed by atoms with Crippen LogP contribution in [-0.2, 0) is 10.0 Å². The summed E-state index contributed by atoms with van der Waals surface area (Å²) in [6.45, 7) is 1.81. The molecule has 0 aliphatic rings. The molecule has 0 radical (unpaired) electrons. The van der Waals surface area contributed by atoms with Crippen molar-refractivity contribution in [1.82, 2.24) is 0 Å². The highest BCUT2D eigenvalue weighted by molar-refractivity contribution is 7.89. The first kappa shape index (κ1) is 13.8. The summed E-state index contributed by atoms with van der Waals surface area (Å²) < 4.78 is 22.2. The second kappa shape index (κ2) is 4.91. The normalized spacial score (nSPS) is 13.4. The van der Waals surface area contributed by atoms with E-state index in [9.17, 15) is 8.42 Å². The molecule has 0 amide bonds. The van der Waals surface area contributed by atoms with Crippen molar-refractivity contribution in [1.29, 1.82) is 0 Å². The minimum absolute atomic E-state index is 0.0210. The summed E-state index contributed by atoms with van der Waals surface area (Å²) in [5.41, 5.74) is 6.72. The SMILES string of the molecule is CC(CO)N(C)c1ccc(S(N)(=O)=O)cc1N. The molecule has 1 unspecified atom stereocenters. The van der Waals surface area contributed by atoms with E-state index in [0.29, 0.717) is 11.4 Å². The lowest BCUT2D eigenvalue weighted by atomic mass is 10.2. The van der Waals surface area contributed by atoms with Crippen LogP contribution in [-0.4, -0.2) is 33.2 Å². The molecular formula is C10H17N3O3S. The zero-order valence-corrected chi connectivity index (χ0v) is 10.6. The van der Waals surface area contributed by atoms with E-state index in [0.717, 1.165) is 0 Å². The zero-order valence-electron chi connectivity index (χ0n) is 9.79. The van der Waals surface area contributed by atoms with Gasteiger partial charge in [0.05, 0.1) is 22.9 Å². The molecule has 0 bridgehead atoms. The van der Waals surface area contributed by atoms with Crippen LogP contribution in [0.3, 0.4) is 0 Å². The summed E-state index contributed by atoms with van der Waals surface area (Å²) >= 11 is 0. The molecule has 1 atom stereocenters. The molecule has 96 valence electrons. The Balaban J connectivity index is 3.15. The first-order chi connectivity index (χ1) is 7.77. The third-order valence-corrected chi connectivity index (χ3v) is 3.54. The topological polar surface area (TPSA) is 110 Å². The Labute approximate surface area is 101 Å². The van der Waals surface area contributed by atoms with Gasteiger partial charge in [-0.1, -0.05) is 0 Å². The number of nitrogen functional groups attached to an aromatic ring is 1. The Kier molecular flexibility index (Phi) is 3.97. The van der Waals surface area contributed by atoms with Gasteiger partial charge in [0.1, 0.15) is 0 Å². The van der Waals surface area contributed by atoms with Crippen molar-refractivity contribution in [3.8, 4) is 0 Å². The molecule has 5 N–H and O–H groups in total. The van der Waals surface area contributed by atoms with Crippen molar-refractivity contribution in [2.75, 3.05) is 24.3 Å². The van der Waals surface area contributed by atoms with E-state index in [1.54, 1.807) is 18.0 Å². The van der Waals surface area contributed by atoms with Crippen molar-refractivity contribution >= 4 is 21.4 Å². The molecule has 0 heterocycles. The summed E-state index contributed by atoms with van der Waals surface area (Å²) in [7, 11) is -1.97. The minimum atomic E-state index is -3.74. The average molecular weight is 259 g/mol. The van der Waals surface area contributed by atoms with Crippen molar-refractivity contribution in [3.05, 3.63) is 18.2 Å². The molecule has 1 aromatic rings. The fourth-order valence-corrected chi connectivity index (χ4v) is 1.94. The van der Waals surface area contributed by atoms with Gasteiger partial charge in [-0.05, 0) is 25.1 Å². The number of aliphatic hydroxyl groups is 1. The Morgan fingerprint density at radius 2 is 2.06 bits per heavy atom. The molecule has 0 aliphatic heterocycles. The number of benzene rings is 1. The molecule has 1 rings (SSSR count). The molecular weight excluding hydrogens is 242 g/mol. The lowest BCUT2D eigenvalue weighted by Crippen LogP contribution is -2.32. The highest BCUT2D eigenvalue weighted by Gasteiger charge is 2.14. The average Bonchev–Trinajstić information content (AvgIpc) is 2.25. The molecule has 6 nitrogen and oxygen atoms in total. The van der Waals surface area contributed by atoms with Crippen molar-refractivity contribution in [2.45, 2.75) is 17.9 Å². The van der Waals surface area contributed by atoms with Gasteiger partial charge in [-0.25, -0.2) is 13.6 Å². The van der Waals surface area contributed by atoms with E-state index < -0.39 is 10.0 Å². The summed E-state index contributed by atoms with van der Waals surface area (Å²) in [6, 6.07) is 4.16. The molecule has 0 spiro atoms. The van der Waals surface area contributed by atoms with Crippen molar-refractivity contribution in [2.24, 2.45) is 5.14 Å². The van der Waals surface area contributed by atoms with Crippen LogP contribution in [0.1, 0.15) is 6.92 Å². The van der Waals surface area contributed by atoms with Crippen LogP contribution in [0.25, 0.3) is 0 Å². The number of nitrogens with two attached hydrogens (primary N) is 2. The maximum atomic E-state index is 11.1. The van der Waals surface area contributed by atoms with E-state index in [1.807, 2.05) is 6.92 Å². The second-order valence-corrected chi connectivity index (χ2v) is 5.47. The second-order valence-electron chi connectivity index (χ2n) is 3.91. The van der Waals surface area contributed by atoms with E-state index in [4.69, 9.17) is 16.0 Å². The largest absolute Gasteiger partial charge is 0.397 e. The fourth-order valence-electron chi connectivity index (χ4n) is 1.39. The molecule has 0 aromatic heterocycles. The first-order valence-corrected chi connectivity index (χ1v) is 6.58. The Hall–Kier alpha value is -1.31. The van der Waals surface area contributed by atoms with Gasteiger partial charge in [-0.2, -0.15) is 0 Å². The number of likely N-dealkylation sites (N-methyl/N-ethyl adjacent to an activating group) is 1. The Morgan fingerprint density at radius 3 is 2.47 bits per heavy atom. The van der Waals surface area contributed by atoms with Crippen molar-refractivity contribution in [3.63, 3.8) is 0 Å². The fraction of sp³-hybridized carbons (Fsp3) is 0.400. The maximum Gasteiger partial charge on any atom is 0.238 e. The number of sulfonamides is 1. The summed E-state index contributed by atoms with van der Waals surface area (Å²) in [4.78, 5) is 1.74. The van der Waals surface area contributed by atoms with Gasteiger partial charge >= 0.3 is 0 Å². The number of aliphatic hydroxyl groups excluding tert-OH is 1. The van der Waals surface area contributed by atoms with Crippen LogP contribution >= 0.6 is 0 Å². The van der Waals surface area contributed by atoms with Crippen LogP contribution in [0.5, 0.6) is 0 Å². The van der Waals surface area contributed by atoms with Gasteiger partial charge in [0.2, 0.25) is 10.0 Å². The number of hydrogen-bond acceptors (Lipinski definition) is 5. The van der Waals surface area contributed by atoms with E-state index in [-0.39, 0.29) is 17.5 Å². The number of rotatable bonds is 4. The van der Waals surface area contributed by atoms with Crippen LogP contribution in [0, 0.1) is 0 Å². The van der Waals surface area contributed by atoms with Gasteiger partial charge in [0.15, 0.2) is 0 Å². The van der Waals surface area contributed by atoms with Crippen molar-refractivity contribution < 1.29 is 13.5 Å². The summed E-state index contributed by atoms with van der Waals surface area (Å²) in [6.07, 6.45) is 0. The Morgan fingerprint density at radius 1 is 1.47 bits per heavy atom. The molecule has 7 heteroatoms. The lowest BCUT2D eigenvalue weighted by molar-refractivity contribution is 0.270. The van der Waals surface area contributed by atoms with E-state index in [1.165, 1.54) is 12.1 Å². The molecule has 0 aliphatic carbocycles. The third-order valence-electron chi connectivity index (χ3n) is 2.63. The van der Waals surface area contributed by atoms with Crippen LogP contribution in [0.15, 0.2) is 23.1 Å². The number of anilines is 2. The smallest absolute Gasteiger partial charge is 0.238 e. The zero-order chi connectivity index (χ0) is 13.2. The molecule has 17 heavy (non-hydrogen) atoms. The van der Waals surface area contributed by atoms with Gasteiger partial charge in [0.25, 0.3) is 0 Å². The molecule has 0 fully saturated rings. The summed E-state index contributed by atoms with van der Waals surface area (Å²) in [5.74, 6) is 0. The summed E-state index contributed by atoms with van der Waals surface area (Å²) in [5, 5.41) is 14.0. The monoisotopic (exact) mass is 259 g/mol. The lowest BCUT2D eigenvalue weighted by Gasteiger charge is -2.26. The van der Waals surface area contributed by atoms with Gasteiger partial charge in [-0.3, -0.25) is 0 Å². The molecule has 1 aromatic carbocycles. The first-order valence-electron chi connectivity index (χ1n) is 5.03. The predicted octanol–water partition coefficient (Wildman–Crippen LogP) is -0.267. The maximum absolute atomic E-state index is 11.1. The quantitative estimate of drug-likeness (QED) is 0.645. The number of primary sulfonamides is 1. The third kappa shape index (κ3) is 3.09. The van der Waals surface area contributed by atoms with Gasteiger partial charge < -0.3 is 15.7 Å². The number of hydrogen-bond donors (Lipinski definition) is 3. The molecule has 0 saturated heterocycles. The standard InChI is InChI=1S/C10H17N3O3S/c1-7(6-14)13(2)10-4-3-8(5-9(10)11)17(12,15)16/h3-5,7,14H,6,11H2,1-2H3,(H2,12,15,16). The highest BCUT2D eigenvalue weighted by Crippen LogP contribution is 2.26. The van der Waals surface area contributed by atoms with Crippen LogP contribution < -0.4 is 15.8 Å². The predicted molar refractivity (Wildman–Crippen MR) is 67.2 cm³/mol. The van der Waals surface area contributed by atoms with Crippen LogP contribution in [0.4, 0.5) is 11.4 Å². The minimum Gasteiger partial charge on any atom is -0.397 e. The Bertz CT molecular complexity index is 502. The van der Waals surface area contributed by atoms with E-state index in [2.05, 4.69) is 0 Å². The van der Waals surface area contributed by atoms with Gasteiger partial charge in [-0.15, -0.1) is 0 Å². The van der Waals surface area contributed by atoms with Crippen LogP contribution in [0.2, 0.25) is 0 Å².